The Hall–Kier alpha value is -0.615. The molecule has 5 heteroatoms. The van der Waals surface area contributed by atoms with Crippen LogP contribution < -0.4 is 0 Å². The lowest BCUT2D eigenvalue weighted by atomic mass is 10.3. The topological polar surface area (TPSA) is 69.9 Å². The third kappa shape index (κ3) is 37.6. The zero-order chi connectivity index (χ0) is 7.70. The van der Waals surface area contributed by atoms with Crippen LogP contribution >= 0.6 is 0 Å². The van der Waals surface area contributed by atoms with E-state index in [1.165, 1.54) is 0 Å². The maximum absolute atomic E-state index is 7.44. The van der Waals surface area contributed by atoms with E-state index in [0.717, 1.165) is 0 Å². The van der Waals surface area contributed by atoms with Gasteiger partial charge in [-0.3, -0.25) is 5.26 Å². The maximum Gasteiger partial charge on any atom is 0.662 e. The highest BCUT2D eigenvalue weighted by Gasteiger charge is 2.03. The first-order valence-corrected chi connectivity index (χ1v) is 2.08. The van der Waals surface area contributed by atoms with Gasteiger partial charge in [-0.2, -0.15) is 0 Å². The van der Waals surface area contributed by atoms with E-state index in [9.17, 15) is 0 Å². The SMILES string of the molecule is C=CC=C.OOB(O)O. The van der Waals surface area contributed by atoms with Crippen LogP contribution in [0.4, 0.5) is 0 Å². The molecular formula is C4H9BO4. The summed E-state index contributed by atoms with van der Waals surface area (Å²) in [5.74, 6) is 0. The molecule has 0 rings (SSSR count). The molecule has 0 aliphatic rings. The van der Waals surface area contributed by atoms with Crippen molar-refractivity contribution in [2.75, 3.05) is 0 Å². The number of hydrogen-bond donors (Lipinski definition) is 3. The third-order valence-corrected chi connectivity index (χ3v) is 0.261. The average molecular weight is 132 g/mol. The second kappa shape index (κ2) is 10.4. The van der Waals surface area contributed by atoms with Gasteiger partial charge in [0, 0.05) is 0 Å². The Morgan fingerprint density at radius 2 is 1.44 bits per heavy atom. The Morgan fingerprint density at radius 3 is 1.44 bits per heavy atom. The van der Waals surface area contributed by atoms with Crippen LogP contribution in [0.3, 0.4) is 0 Å². The standard InChI is InChI=1S/C4H6.BH3O4/c1-3-4-2;2-1(3)5-4/h3-4H,1-2H2;2-4H. The highest BCUT2D eigenvalue weighted by molar-refractivity contribution is 6.32. The van der Waals surface area contributed by atoms with Crippen LogP contribution in [-0.4, -0.2) is 22.6 Å². The van der Waals surface area contributed by atoms with E-state index in [4.69, 9.17) is 15.3 Å². The molecule has 0 fully saturated rings. The summed E-state index contributed by atoms with van der Waals surface area (Å²) < 4.78 is 0. The predicted molar refractivity (Wildman–Crippen MR) is 34.3 cm³/mol. The molecule has 0 aliphatic carbocycles. The molecule has 0 aliphatic heterocycles. The van der Waals surface area contributed by atoms with Crippen LogP contribution in [0.15, 0.2) is 25.3 Å². The molecule has 0 saturated carbocycles. The molecule has 0 amide bonds. The molecule has 52 valence electrons. The van der Waals surface area contributed by atoms with E-state index in [1.54, 1.807) is 12.2 Å². The van der Waals surface area contributed by atoms with E-state index in [2.05, 4.69) is 18.0 Å². The minimum absolute atomic E-state index is 1.64. The van der Waals surface area contributed by atoms with Crippen molar-refractivity contribution < 1.29 is 20.1 Å². The first-order chi connectivity index (χ1) is 4.18. The van der Waals surface area contributed by atoms with E-state index in [0.29, 0.717) is 0 Å². The van der Waals surface area contributed by atoms with Crippen molar-refractivity contribution in [3.8, 4) is 0 Å². The van der Waals surface area contributed by atoms with E-state index < -0.39 is 7.32 Å². The normalized spacial score (nSPS) is 6.56. The fraction of sp³-hybridized carbons (Fsp3) is 0. The minimum Gasteiger partial charge on any atom is -0.400 e. The summed E-state index contributed by atoms with van der Waals surface area (Å²) in [6.07, 6.45) is 3.28. The summed E-state index contributed by atoms with van der Waals surface area (Å²) in [6.45, 7) is 6.72. The van der Waals surface area contributed by atoms with Gasteiger partial charge in [0.05, 0.1) is 0 Å². The van der Waals surface area contributed by atoms with Gasteiger partial charge in [0.1, 0.15) is 0 Å². The molecule has 0 spiro atoms. The Labute approximate surface area is 53.8 Å². The summed E-state index contributed by atoms with van der Waals surface area (Å²) in [4.78, 5) is 2.86. The molecule has 0 aromatic heterocycles. The summed E-state index contributed by atoms with van der Waals surface area (Å²) >= 11 is 0. The van der Waals surface area contributed by atoms with Crippen molar-refractivity contribution in [2.24, 2.45) is 0 Å². The highest BCUT2D eigenvalue weighted by Crippen LogP contribution is 1.58. The van der Waals surface area contributed by atoms with E-state index in [-0.39, 0.29) is 0 Å². The molecule has 0 saturated heterocycles. The molecular weight excluding hydrogens is 123 g/mol. The number of hydrogen-bond acceptors (Lipinski definition) is 4. The molecule has 9 heavy (non-hydrogen) atoms. The fourth-order valence-electron chi connectivity index (χ4n) is 0. The Bertz CT molecular complexity index is 67.0. The number of rotatable bonds is 2. The average Bonchev–Trinajstić information content (AvgIpc) is 1.89. The van der Waals surface area contributed by atoms with Crippen molar-refractivity contribution in [2.45, 2.75) is 0 Å². The lowest BCUT2D eigenvalue weighted by Crippen LogP contribution is -2.13. The molecule has 0 aromatic rings. The van der Waals surface area contributed by atoms with Crippen molar-refractivity contribution >= 4 is 7.32 Å². The Balaban J connectivity index is 0. The Kier molecular flexibility index (Phi) is 12.9. The van der Waals surface area contributed by atoms with Gasteiger partial charge in [-0.05, 0) is 0 Å². The molecule has 0 heterocycles. The van der Waals surface area contributed by atoms with Crippen LogP contribution in [0.2, 0.25) is 0 Å². The van der Waals surface area contributed by atoms with Crippen LogP contribution in [0, 0.1) is 0 Å². The molecule has 0 radical (unpaired) electrons. The Morgan fingerprint density at radius 1 is 1.22 bits per heavy atom. The fourth-order valence-corrected chi connectivity index (χ4v) is 0. The van der Waals surface area contributed by atoms with Crippen molar-refractivity contribution in [3.63, 3.8) is 0 Å². The lowest BCUT2D eigenvalue weighted by molar-refractivity contribution is -0.173. The summed E-state index contributed by atoms with van der Waals surface area (Å²) in [7, 11) is -2.06. The third-order valence-electron chi connectivity index (χ3n) is 0.261. The first-order valence-electron chi connectivity index (χ1n) is 2.08. The zero-order valence-corrected chi connectivity index (χ0v) is 4.90. The van der Waals surface area contributed by atoms with Gasteiger partial charge in [0.2, 0.25) is 0 Å². The molecule has 3 N–H and O–H groups in total. The van der Waals surface area contributed by atoms with Gasteiger partial charge in [-0.1, -0.05) is 25.3 Å². The van der Waals surface area contributed by atoms with Gasteiger partial charge >= 0.3 is 7.32 Å². The van der Waals surface area contributed by atoms with Gasteiger partial charge in [-0.25, -0.2) is 4.81 Å². The van der Waals surface area contributed by atoms with E-state index >= 15 is 0 Å². The number of allylic oxidation sites excluding steroid dienone is 2. The van der Waals surface area contributed by atoms with E-state index in [1.807, 2.05) is 0 Å². The summed E-state index contributed by atoms with van der Waals surface area (Å²) in [6, 6.07) is 0. The second-order valence-corrected chi connectivity index (χ2v) is 0.903. The van der Waals surface area contributed by atoms with Crippen LogP contribution in [0.25, 0.3) is 0 Å². The van der Waals surface area contributed by atoms with Crippen molar-refractivity contribution in [1.82, 2.24) is 0 Å². The van der Waals surface area contributed by atoms with Crippen molar-refractivity contribution in [1.29, 1.82) is 0 Å². The monoisotopic (exact) mass is 132 g/mol. The van der Waals surface area contributed by atoms with Crippen molar-refractivity contribution in [3.05, 3.63) is 25.3 Å². The van der Waals surface area contributed by atoms with Crippen LogP contribution in [0.5, 0.6) is 0 Å². The van der Waals surface area contributed by atoms with Crippen LogP contribution in [-0.2, 0) is 4.81 Å². The second-order valence-electron chi connectivity index (χ2n) is 0.903. The summed E-state index contributed by atoms with van der Waals surface area (Å²) in [5, 5.41) is 22.0. The minimum atomic E-state index is -2.06. The smallest absolute Gasteiger partial charge is 0.400 e. The quantitative estimate of drug-likeness (QED) is 0.210. The predicted octanol–water partition coefficient (Wildman–Crippen LogP) is -0.196. The molecule has 0 atom stereocenters. The van der Waals surface area contributed by atoms with Gasteiger partial charge in [-0.15, -0.1) is 0 Å². The largest absolute Gasteiger partial charge is 0.662 e. The summed E-state index contributed by atoms with van der Waals surface area (Å²) in [5.41, 5.74) is 0. The molecule has 0 aromatic carbocycles. The van der Waals surface area contributed by atoms with Gasteiger partial charge < -0.3 is 10.0 Å². The molecule has 0 bridgehead atoms. The lowest BCUT2D eigenvalue weighted by Gasteiger charge is -1.82. The molecule has 0 unspecified atom stereocenters. The van der Waals surface area contributed by atoms with Gasteiger partial charge in [0.25, 0.3) is 0 Å². The first kappa shape index (κ1) is 11.2. The maximum atomic E-state index is 7.44. The molecule has 4 nitrogen and oxygen atoms in total. The zero-order valence-electron chi connectivity index (χ0n) is 4.90. The van der Waals surface area contributed by atoms with Gasteiger partial charge in [0.15, 0.2) is 0 Å². The van der Waals surface area contributed by atoms with Crippen LogP contribution in [0.1, 0.15) is 0 Å². The highest BCUT2D eigenvalue weighted by atomic mass is 17.1.